The predicted molar refractivity (Wildman–Crippen MR) is 71.1 cm³/mol. The summed E-state index contributed by atoms with van der Waals surface area (Å²) >= 11 is 0. The summed E-state index contributed by atoms with van der Waals surface area (Å²) in [5.74, 6) is 1.47. The maximum absolute atomic E-state index is 12.3. The molecule has 2 saturated heterocycles. The minimum absolute atomic E-state index is 0.00995. The van der Waals surface area contributed by atoms with Crippen LogP contribution in [0.5, 0.6) is 0 Å². The number of carbonyl (C=O) groups excluding carboxylic acids is 1. The average Bonchev–Trinajstić information content (AvgIpc) is 3.12. The zero-order chi connectivity index (χ0) is 12.8. The van der Waals surface area contributed by atoms with Gasteiger partial charge in [-0.3, -0.25) is 4.90 Å². The van der Waals surface area contributed by atoms with Crippen molar-refractivity contribution in [3.63, 3.8) is 0 Å². The molecule has 100 valence electrons. The Morgan fingerprint density at radius 1 is 1.42 bits per heavy atom. The van der Waals surface area contributed by atoms with Crippen LogP contribution in [0.1, 0.15) is 6.42 Å². The minimum atomic E-state index is -0.00995. The largest absolute Gasteiger partial charge is 0.333 e. The first kappa shape index (κ1) is 11.0. The van der Waals surface area contributed by atoms with Gasteiger partial charge in [-0.2, -0.15) is 0 Å². The van der Waals surface area contributed by atoms with Gasteiger partial charge in [0, 0.05) is 31.5 Å². The molecule has 2 bridgehead atoms. The van der Waals surface area contributed by atoms with Gasteiger partial charge in [-0.1, -0.05) is 0 Å². The van der Waals surface area contributed by atoms with E-state index in [4.69, 9.17) is 0 Å². The lowest BCUT2D eigenvalue weighted by molar-refractivity contribution is 0.199. The Balaban J connectivity index is 1.41. The topological polar surface area (TPSA) is 51.2 Å². The van der Waals surface area contributed by atoms with Gasteiger partial charge in [0.25, 0.3) is 0 Å². The molecule has 0 saturated carbocycles. The summed E-state index contributed by atoms with van der Waals surface area (Å²) in [5, 5.41) is 3.16. The molecular formula is C13H17N5O. The Morgan fingerprint density at radius 2 is 2.37 bits per heavy atom. The molecule has 0 aromatic heterocycles. The van der Waals surface area contributed by atoms with Crippen molar-refractivity contribution in [2.75, 3.05) is 26.3 Å². The third-order valence-electron chi connectivity index (χ3n) is 4.33. The van der Waals surface area contributed by atoms with Gasteiger partial charge in [0.15, 0.2) is 5.82 Å². The minimum Gasteiger partial charge on any atom is -0.333 e. The molecular weight excluding hydrogens is 242 g/mol. The average molecular weight is 259 g/mol. The second-order valence-electron chi connectivity index (χ2n) is 5.55. The SMILES string of the molecule is O=C(NC1CN2CC[C@@H]1C2)N1C=C2N=CC=CN2C1. The number of piperidine rings is 1. The third kappa shape index (κ3) is 1.83. The number of hydrogen-bond donors (Lipinski definition) is 1. The molecule has 4 aliphatic rings. The molecule has 4 aliphatic heterocycles. The first-order valence-electron chi connectivity index (χ1n) is 6.78. The van der Waals surface area contributed by atoms with Crippen molar-refractivity contribution < 1.29 is 4.79 Å². The van der Waals surface area contributed by atoms with Crippen LogP contribution in [0.4, 0.5) is 4.79 Å². The number of aliphatic imine (C=N–C) groups is 1. The van der Waals surface area contributed by atoms with Crippen LogP contribution in [0.2, 0.25) is 0 Å². The molecule has 0 aromatic rings. The first-order valence-corrected chi connectivity index (χ1v) is 6.78. The number of hydrogen-bond acceptors (Lipinski definition) is 4. The van der Waals surface area contributed by atoms with E-state index >= 15 is 0 Å². The number of amides is 2. The first-order chi connectivity index (χ1) is 9.29. The van der Waals surface area contributed by atoms with E-state index in [9.17, 15) is 4.79 Å². The van der Waals surface area contributed by atoms with E-state index in [1.165, 1.54) is 13.0 Å². The van der Waals surface area contributed by atoms with Crippen LogP contribution in [-0.2, 0) is 0 Å². The van der Waals surface area contributed by atoms with Crippen molar-refractivity contribution in [1.82, 2.24) is 20.0 Å². The lowest BCUT2D eigenvalue weighted by Gasteiger charge is -2.26. The molecule has 0 radical (unpaired) electrons. The second kappa shape index (κ2) is 4.09. The Morgan fingerprint density at radius 3 is 3.11 bits per heavy atom. The fourth-order valence-electron chi connectivity index (χ4n) is 3.30. The molecule has 6 nitrogen and oxygen atoms in total. The van der Waals surface area contributed by atoms with Crippen molar-refractivity contribution in [3.05, 3.63) is 24.3 Å². The van der Waals surface area contributed by atoms with Crippen LogP contribution in [0.25, 0.3) is 0 Å². The maximum atomic E-state index is 12.3. The van der Waals surface area contributed by atoms with E-state index in [1.807, 2.05) is 23.4 Å². The van der Waals surface area contributed by atoms with Gasteiger partial charge >= 0.3 is 6.03 Å². The molecule has 2 amide bonds. The third-order valence-corrected chi connectivity index (χ3v) is 4.33. The molecule has 0 spiro atoms. The summed E-state index contributed by atoms with van der Waals surface area (Å²) in [6, 6.07) is 0.306. The highest BCUT2D eigenvalue weighted by molar-refractivity contribution is 5.77. The lowest BCUT2D eigenvalue weighted by atomic mass is 10.0. The fraction of sp³-hybridized carbons (Fsp3) is 0.538. The number of fused-ring (bicyclic) bond motifs is 3. The fourth-order valence-corrected chi connectivity index (χ4v) is 3.30. The van der Waals surface area contributed by atoms with Crippen LogP contribution >= 0.6 is 0 Å². The van der Waals surface area contributed by atoms with E-state index in [0.717, 1.165) is 18.9 Å². The number of rotatable bonds is 1. The van der Waals surface area contributed by atoms with E-state index in [1.54, 1.807) is 11.1 Å². The summed E-state index contributed by atoms with van der Waals surface area (Å²) in [5.41, 5.74) is 0. The van der Waals surface area contributed by atoms with E-state index < -0.39 is 0 Å². The van der Waals surface area contributed by atoms with Crippen LogP contribution in [0.15, 0.2) is 29.3 Å². The zero-order valence-corrected chi connectivity index (χ0v) is 10.7. The summed E-state index contributed by atoms with van der Waals surface area (Å²) in [6.45, 7) is 3.89. The van der Waals surface area contributed by atoms with Gasteiger partial charge in [0.05, 0.1) is 6.20 Å². The summed E-state index contributed by atoms with van der Waals surface area (Å²) < 4.78 is 0. The number of urea groups is 1. The van der Waals surface area contributed by atoms with Gasteiger partial charge < -0.3 is 15.1 Å². The van der Waals surface area contributed by atoms with Crippen LogP contribution in [-0.4, -0.2) is 59.3 Å². The van der Waals surface area contributed by atoms with E-state index in [-0.39, 0.29) is 6.03 Å². The van der Waals surface area contributed by atoms with Crippen molar-refractivity contribution in [1.29, 1.82) is 0 Å². The normalized spacial score (nSPS) is 34.7. The number of carbonyl (C=O) groups is 1. The van der Waals surface area contributed by atoms with Gasteiger partial charge in [0.1, 0.15) is 6.67 Å². The van der Waals surface area contributed by atoms with Crippen LogP contribution < -0.4 is 5.32 Å². The van der Waals surface area contributed by atoms with Gasteiger partial charge in [-0.25, -0.2) is 9.79 Å². The molecule has 2 fully saturated rings. The van der Waals surface area contributed by atoms with E-state index in [0.29, 0.717) is 18.6 Å². The Bertz CT molecular complexity index is 497. The summed E-state index contributed by atoms with van der Waals surface area (Å²) in [7, 11) is 0. The van der Waals surface area contributed by atoms with Crippen molar-refractivity contribution in [2.45, 2.75) is 12.5 Å². The molecule has 0 aliphatic carbocycles. The Hall–Kier alpha value is -1.82. The second-order valence-corrected chi connectivity index (χ2v) is 5.55. The number of nitrogens with zero attached hydrogens (tertiary/aromatic N) is 4. The highest BCUT2D eigenvalue weighted by Crippen LogP contribution is 2.28. The van der Waals surface area contributed by atoms with Crippen molar-refractivity contribution >= 4 is 12.2 Å². The quantitative estimate of drug-likeness (QED) is 0.740. The molecule has 19 heavy (non-hydrogen) atoms. The van der Waals surface area contributed by atoms with Crippen molar-refractivity contribution in [3.8, 4) is 0 Å². The molecule has 1 N–H and O–H groups in total. The number of nitrogens with one attached hydrogen (secondary N) is 1. The Kier molecular flexibility index (Phi) is 2.38. The molecule has 0 aromatic carbocycles. The molecule has 6 heteroatoms. The van der Waals surface area contributed by atoms with Gasteiger partial charge in [0.2, 0.25) is 0 Å². The van der Waals surface area contributed by atoms with Gasteiger partial charge in [-0.05, 0) is 25.0 Å². The Labute approximate surface area is 112 Å². The van der Waals surface area contributed by atoms with Gasteiger partial charge in [-0.15, -0.1) is 0 Å². The standard InChI is InChI=1S/C13H17N5O/c19-13(15-11-7-16-5-2-10(11)6-16)18-8-12-14-3-1-4-17(12)9-18/h1,3-4,8,10-11H,2,5-7,9H2,(H,15,19)/t10-,11?/m1/s1. The lowest BCUT2D eigenvalue weighted by Crippen LogP contribution is -2.48. The van der Waals surface area contributed by atoms with Crippen LogP contribution in [0.3, 0.4) is 0 Å². The monoisotopic (exact) mass is 259 g/mol. The van der Waals surface area contributed by atoms with Crippen molar-refractivity contribution in [2.24, 2.45) is 10.9 Å². The molecule has 2 unspecified atom stereocenters. The smallest absolute Gasteiger partial charge is 0.323 e. The summed E-state index contributed by atoms with van der Waals surface area (Å²) in [4.78, 5) is 22.6. The van der Waals surface area contributed by atoms with E-state index in [2.05, 4.69) is 15.2 Å². The molecule has 3 atom stereocenters. The zero-order valence-electron chi connectivity index (χ0n) is 10.7. The molecule has 4 heterocycles. The number of allylic oxidation sites excluding steroid dienone is 1. The maximum Gasteiger partial charge on any atom is 0.323 e. The highest BCUT2D eigenvalue weighted by Gasteiger charge is 2.39. The molecule has 4 rings (SSSR count). The highest BCUT2D eigenvalue weighted by atomic mass is 16.2. The van der Waals surface area contributed by atoms with Crippen LogP contribution in [0, 0.1) is 5.92 Å². The summed E-state index contributed by atoms with van der Waals surface area (Å²) in [6.07, 6.45) is 8.58. The predicted octanol–water partition coefficient (Wildman–Crippen LogP) is 0.372.